The van der Waals surface area contributed by atoms with Crippen LogP contribution in [0.15, 0.2) is 18.2 Å². The fourth-order valence-corrected chi connectivity index (χ4v) is 2.47. The van der Waals surface area contributed by atoms with Gasteiger partial charge in [0.15, 0.2) is 0 Å². The van der Waals surface area contributed by atoms with Gasteiger partial charge in [-0.2, -0.15) is 0 Å². The number of nitrogens with one attached hydrogen (secondary N) is 1. The van der Waals surface area contributed by atoms with Gasteiger partial charge in [0.1, 0.15) is 17.6 Å². The molecule has 2 atom stereocenters. The summed E-state index contributed by atoms with van der Waals surface area (Å²) in [5, 5.41) is 2.89. The third-order valence-electron chi connectivity index (χ3n) is 3.86. The molecule has 1 aromatic carbocycles. The first-order valence-electron chi connectivity index (χ1n) is 8.15. The first-order chi connectivity index (χ1) is 11.2. The molecule has 1 amide bonds. The van der Waals surface area contributed by atoms with Crippen LogP contribution in [0.25, 0.3) is 0 Å². The van der Waals surface area contributed by atoms with Gasteiger partial charge < -0.3 is 25.3 Å². The van der Waals surface area contributed by atoms with E-state index in [4.69, 9.17) is 19.9 Å². The van der Waals surface area contributed by atoms with Crippen molar-refractivity contribution < 1.29 is 19.0 Å². The molecule has 136 valence electrons. The number of benzene rings is 1. The van der Waals surface area contributed by atoms with Gasteiger partial charge in [-0.15, -0.1) is 12.4 Å². The molecular weight excluding hydrogens is 332 g/mol. The molecule has 24 heavy (non-hydrogen) atoms. The maximum atomic E-state index is 12.4. The Morgan fingerprint density at radius 1 is 1.42 bits per heavy atom. The molecule has 2 rings (SSSR count). The summed E-state index contributed by atoms with van der Waals surface area (Å²) in [5.74, 6) is 1.13. The molecular formula is C17H27ClN2O4. The highest BCUT2D eigenvalue weighted by molar-refractivity contribution is 5.95. The van der Waals surface area contributed by atoms with E-state index in [-0.39, 0.29) is 24.4 Å². The number of nitrogens with two attached hydrogens (primary N) is 1. The molecule has 1 aliphatic rings. The zero-order valence-corrected chi connectivity index (χ0v) is 15.1. The maximum absolute atomic E-state index is 12.4. The molecule has 0 unspecified atom stereocenters. The average Bonchev–Trinajstić information content (AvgIpc) is 3.05. The lowest BCUT2D eigenvalue weighted by atomic mass is 10.2. The Labute approximate surface area is 149 Å². The number of hydrogen-bond acceptors (Lipinski definition) is 5. The zero-order valence-electron chi connectivity index (χ0n) is 14.2. The molecule has 0 saturated carbocycles. The van der Waals surface area contributed by atoms with Gasteiger partial charge in [-0.1, -0.05) is 13.3 Å². The van der Waals surface area contributed by atoms with E-state index in [0.29, 0.717) is 36.8 Å². The highest BCUT2D eigenvalue weighted by Gasteiger charge is 2.30. The third-order valence-corrected chi connectivity index (χ3v) is 3.86. The van der Waals surface area contributed by atoms with Crippen LogP contribution in [-0.4, -0.2) is 38.4 Å². The van der Waals surface area contributed by atoms with E-state index in [1.54, 1.807) is 13.2 Å². The second-order valence-corrected chi connectivity index (χ2v) is 5.61. The number of methoxy groups -OCH3 is 1. The molecule has 0 radical (unpaired) electrons. The van der Waals surface area contributed by atoms with Crippen LogP contribution in [0.1, 0.15) is 32.6 Å². The largest absolute Gasteiger partial charge is 0.497 e. The van der Waals surface area contributed by atoms with E-state index in [0.717, 1.165) is 19.3 Å². The van der Waals surface area contributed by atoms with E-state index < -0.39 is 6.10 Å². The Bertz CT molecular complexity index is 527. The molecule has 0 bridgehead atoms. The lowest BCUT2D eigenvalue weighted by molar-refractivity contribution is -0.126. The number of amides is 1. The summed E-state index contributed by atoms with van der Waals surface area (Å²) in [4.78, 5) is 12.4. The number of carbonyl (C=O) groups excluding carboxylic acids is 1. The number of rotatable bonds is 8. The Kier molecular flexibility index (Phi) is 8.89. The lowest BCUT2D eigenvalue weighted by Crippen LogP contribution is -2.30. The minimum absolute atomic E-state index is 0. The number of carbonyl (C=O) groups is 1. The minimum atomic E-state index is -0.460. The van der Waals surface area contributed by atoms with Crippen molar-refractivity contribution in [3.8, 4) is 11.5 Å². The van der Waals surface area contributed by atoms with Crippen LogP contribution in [0.3, 0.4) is 0 Å². The second-order valence-electron chi connectivity index (χ2n) is 5.61. The smallest absolute Gasteiger partial charge is 0.253 e. The SMILES string of the molecule is CCCCOc1ccc(OC)cc1NC(=O)[C@@H]1CC[C@H](CN)O1.Cl. The fraction of sp³-hybridized carbons (Fsp3) is 0.588. The molecule has 1 saturated heterocycles. The summed E-state index contributed by atoms with van der Waals surface area (Å²) in [5.41, 5.74) is 6.19. The summed E-state index contributed by atoms with van der Waals surface area (Å²) in [6, 6.07) is 5.38. The normalized spacial score (nSPS) is 19.5. The quantitative estimate of drug-likeness (QED) is 0.698. The summed E-state index contributed by atoms with van der Waals surface area (Å²) < 4.78 is 16.6. The number of unbranched alkanes of at least 4 members (excludes halogenated alkanes) is 1. The molecule has 1 fully saturated rings. The molecule has 1 aromatic rings. The maximum Gasteiger partial charge on any atom is 0.253 e. The van der Waals surface area contributed by atoms with E-state index in [2.05, 4.69) is 12.2 Å². The van der Waals surface area contributed by atoms with Crippen LogP contribution in [0.5, 0.6) is 11.5 Å². The van der Waals surface area contributed by atoms with Gasteiger partial charge in [-0.3, -0.25) is 4.79 Å². The summed E-state index contributed by atoms with van der Waals surface area (Å²) in [7, 11) is 1.59. The highest BCUT2D eigenvalue weighted by Crippen LogP contribution is 2.30. The van der Waals surface area contributed by atoms with Crippen molar-refractivity contribution in [3.63, 3.8) is 0 Å². The minimum Gasteiger partial charge on any atom is -0.497 e. The summed E-state index contributed by atoms with van der Waals surface area (Å²) >= 11 is 0. The van der Waals surface area contributed by atoms with Crippen molar-refractivity contribution in [3.05, 3.63) is 18.2 Å². The van der Waals surface area contributed by atoms with Crippen molar-refractivity contribution in [2.24, 2.45) is 5.73 Å². The van der Waals surface area contributed by atoms with Crippen LogP contribution in [-0.2, 0) is 9.53 Å². The van der Waals surface area contributed by atoms with Crippen LogP contribution < -0.4 is 20.5 Å². The lowest BCUT2D eigenvalue weighted by Gasteiger charge is -2.16. The van der Waals surface area contributed by atoms with Crippen molar-refractivity contribution >= 4 is 24.0 Å². The average molecular weight is 359 g/mol. The van der Waals surface area contributed by atoms with Gasteiger partial charge in [0.05, 0.1) is 25.5 Å². The van der Waals surface area contributed by atoms with Gasteiger partial charge in [0, 0.05) is 12.6 Å². The molecule has 1 aliphatic heterocycles. The predicted octanol–water partition coefficient (Wildman–Crippen LogP) is 2.74. The molecule has 1 heterocycles. The summed E-state index contributed by atoms with van der Waals surface area (Å²) in [6.07, 6.45) is 3.02. The van der Waals surface area contributed by atoms with E-state index in [9.17, 15) is 4.79 Å². The Balaban J connectivity index is 0.00000288. The Morgan fingerprint density at radius 3 is 2.83 bits per heavy atom. The van der Waals surface area contributed by atoms with Gasteiger partial charge >= 0.3 is 0 Å². The standard InChI is InChI=1S/C17H26N2O4.ClH/c1-3-4-9-22-15-7-5-12(21-2)10-14(15)19-17(20)16-8-6-13(11-18)23-16;/h5,7,10,13,16H,3-4,6,8-9,11,18H2,1-2H3,(H,19,20);1H/t13-,16+;/m1./s1. The number of halogens is 1. The molecule has 0 aliphatic carbocycles. The van der Waals surface area contributed by atoms with Crippen LogP contribution in [0.4, 0.5) is 5.69 Å². The first kappa shape index (κ1) is 20.5. The zero-order chi connectivity index (χ0) is 16.7. The second kappa shape index (κ2) is 10.4. The molecule has 3 N–H and O–H groups in total. The number of hydrogen-bond donors (Lipinski definition) is 2. The van der Waals surface area contributed by atoms with Crippen molar-refractivity contribution in [1.82, 2.24) is 0 Å². The number of ether oxygens (including phenoxy) is 3. The summed E-state index contributed by atoms with van der Waals surface area (Å²) in [6.45, 7) is 3.15. The molecule has 7 heteroatoms. The van der Waals surface area contributed by atoms with E-state index >= 15 is 0 Å². The van der Waals surface area contributed by atoms with E-state index in [1.165, 1.54) is 0 Å². The molecule has 0 spiro atoms. The molecule has 6 nitrogen and oxygen atoms in total. The Morgan fingerprint density at radius 2 is 2.21 bits per heavy atom. The monoisotopic (exact) mass is 358 g/mol. The fourth-order valence-electron chi connectivity index (χ4n) is 2.47. The van der Waals surface area contributed by atoms with Gasteiger partial charge in [-0.25, -0.2) is 0 Å². The van der Waals surface area contributed by atoms with Gasteiger partial charge in [-0.05, 0) is 31.4 Å². The van der Waals surface area contributed by atoms with Crippen LogP contribution in [0.2, 0.25) is 0 Å². The third kappa shape index (κ3) is 5.54. The van der Waals surface area contributed by atoms with Crippen molar-refractivity contribution in [2.45, 2.75) is 44.8 Å². The van der Waals surface area contributed by atoms with Crippen molar-refractivity contribution in [1.29, 1.82) is 0 Å². The van der Waals surface area contributed by atoms with Crippen molar-refractivity contribution in [2.75, 3.05) is 25.6 Å². The topological polar surface area (TPSA) is 82.8 Å². The van der Waals surface area contributed by atoms with Gasteiger partial charge in [0.2, 0.25) is 0 Å². The highest BCUT2D eigenvalue weighted by atomic mass is 35.5. The predicted molar refractivity (Wildman–Crippen MR) is 96.2 cm³/mol. The van der Waals surface area contributed by atoms with Crippen LogP contribution in [0, 0.1) is 0 Å². The Hall–Kier alpha value is -1.50. The first-order valence-corrected chi connectivity index (χ1v) is 8.15. The van der Waals surface area contributed by atoms with E-state index in [1.807, 2.05) is 12.1 Å². The van der Waals surface area contributed by atoms with Crippen LogP contribution >= 0.6 is 12.4 Å². The number of anilines is 1. The molecule has 0 aromatic heterocycles. The van der Waals surface area contributed by atoms with Gasteiger partial charge in [0.25, 0.3) is 5.91 Å².